The summed E-state index contributed by atoms with van der Waals surface area (Å²) in [4.78, 5) is 13.7. The topological polar surface area (TPSA) is 107 Å². The summed E-state index contributed by atoms with van der Waals surface area (Å²) in [5.41, 5.74) is 0.137. The van der Waals surface area contributed by atoms with Crippen LogP contribution in [0.25, 0.3) is 0 Å². The van der Waals surface area contributed by atoms with E-state index in [4.69, 9.17) is 4.74 Å². The first-order chi connectivity index (χ1) is 12.9. The predicted octanol–water partition coefficient (Wildman–Crippen LogP) is 0.0373. The second-order valence-electron chi connectivity index (χ2n) is 5.97. The number of hydrogen-bond acceptors (Lipinski definition) is 8. The Morgan fingerprint density at radius 2 is 1.78 bits per heavy atom. The summed E-state index contributed by atoms with van der Waals surface area (Å²) in [6, 6.07) is 6.36. The maximum absolute atomic E-state index is 12.8. The molecule has 1 aliphatic rings. The molecule has 1 fully saturated rings. The van der Waals surface area contributed by atoms with Gasteiger partial charge in [-0.3, -0.25) is 4.90 Å². The quantitative estimate of drug-likeness (QED) is 0.631. The summed E-state index contributed by atoms with van der Waals surface area (Å²) >= 11 is 0. The van der Waals surface area contributed by atoms with E-state index >= 15 is 0 Å². The predicted molar refractivity (Wildman–Crippen MR) is 94.7 cm³/mol. The van der Waals surface area contributed by atoms with E-state index in [1.807, 2.05) is 4.90 Å². The van der Waals surface area contributed by atoms with Gasteiger partial charge in [0.25, 0.3) is 0 Å². The van der Waals surface area contributed by atoms with E-state index in [1.165, 1.54) is 29.4 Å². The largest absolute Gasteiger partial charge is 0.497 e. The van der Waals surface area contributed by atoms with Crippen molar-refractivity contribution in [1.29, 1.82) is 0 Å². The molecule has 0 unspecified atom stereocenters. The fraction of sp³-hybridized carbons (Fsp3) is 0.438. The number of esters is 1. The van der Waals surface area contributed by atoms with Crippen LogP contribution in [0.4, 0.5) is 0 Å². The van der Waals surface area contributed by atoms with Gasteiger partial charge in [-0.05, 0) is 24.3 Å². The number of sulfonamides is 1. The second-order valence-corrected chi connectivity index (χ2v) is 7.91. The minimum atomic E-state index is -3.54. The average molecular weight is 395 g/mol. The number of carbonyl (C=O) groups is 1. The Balaban J connectivity index is 1.59. The van der Waals surface area contributed by atoms with Crippen LogP contribution in [0.15, 0.2) is 35.4 Å². The van der Waals surface area contributed by atoms with Crippen molar-refractivity contribution in [1.82, 2.24) is 24.2 Å². The molecule has 1 aromatic heterocycles. The Hall–Kier alpha value is -2.50. The summed E-state index contributed by atoms with van der Waals surface area (Å²) in [5.74, 6) is 0.0644. The van der Waals surface area contributed by atoms with Gasteiger partial charge in [-0.25, -0.2) is 17.9 Å². The normalized spacial score (nSPS) is 16.2. The van der Waals surface area contributed by atoms with E-state index in [2.05, 4.69) is 15.0 Å². The molecule has 0 spiro atoms. The van der Waals surface area contributed by atoms with Crippen LogP contribution in [0.5, 0.6) is 5.75 Å². The minimum absolute atomic E-state index is 0.137. The number of hydrogen-bond donors (Lipinski definition) is 0. The van der Waals surface area contributed by atoms with Crippen molar-refractivity contribution >= 4 is 16.0 Å². The van der Waals surface area contributed by atoms with E-state index in [1.54, 1.807) is 24.3 Å². The highest BCUT2D eigenvalue weighted by atomic mass is 32.2. The molecule has 146 valence electrons. The van der Waals surface area contributed by atoms with E-state index in [0.29, 0.717) is 38.6 Å². The monoisotopic (exact) mass is 395 g/mol. The number of aromatic nitrogens is 3. The zero-order chi connectivity index (χ0) is 19.4. The molecule has 1 aliphatic heterocycles. The van der Waals surface area contributed by atoms with Crippen molar-refractivity contribution in [2.24, 2.45) is 0 Å². The van der Waals surface area contributed by atoms with Crippen molar-refractivity contribution in [2.75, 3.05) is 40.4 Å². The number of methoxy groups -OCH3 is 2. The van der Waals surface area contributed by atoms with Crippen molar-refractivity contribution in [3.8, 4) is 5.75 Å². The van der Waals surface area contributed by atoms with Crippen LogP contribution >= 0.6 is 0 Å². The highest BCUT2D eigenvalue weighted by molar-refractivity contribution is 7.89. The molecule has 3 rings (SSSR count). The summed E-state index contributed by atoms with van der Waals surface area (Å²) in [7, 11) is -0.723. The molecule has 0 atom stereocenters. The third-order valence-electron chi connectivity index (χ3n) is 4.31. The maximum atomic E-state index is 12.8. The number of ether oxygens (including phenoxy) is 2. The Labute approximate surface area is 157 Å². The number of rotatable bonds is 6. The van der Waals surface area contributed by atoms with Gasteiger partial charge in [-0.2, -0.15) is 4.31 Å². The van der Waals surface area contributed by atoms with Crippen LogP contribution in [-0.2, 0) is 21.4 Å². The Morgan fingerprint density at radius 3 is 2.37 bits per heavy atom. The molecule has 0 radical (unpaired) electrons. The standard InChI is InChI=1S/C16H21N5O5S/c1-25-13-3-5-14(6-4-13)27(23,24)21-9-7-19(8-10-21)12-20-11-15(17-18-20)16(22)26-2/h3-6,11H,7-10,12H2,1-2H3. The molecule has 11 heteroatoms. The number of benzene rings is 1. The van der Waals surface area contributed by atoms with E-state index in [9.17, 15) is 13.2 Å². The lowest BCUT2D eigenvalue weighted by molar-refractivity contribution is 0.0593. The molecule has 0 saturated carbocycles. The SMILES string of the molecule is COC(=O)c1cn(CN2CCN(S(=O)(=O)c3ccc(OC)cc3)CC2)nn1. The lowest BCUT2D eigenvalue weighted by Gasteiger charge is -2.33. The van der Waals surface area contributed by atoms with Gasteiger partial charge in [0, 0.05) is 26.2 Å². The highest BCUT2D eigenvalue weighted by Crippen LogP contribution is 2.20. The molecule has 0 aliphatic carbocycles. The molecule has 1 aromatic carbocycles. The highest BCUT2D eigenvalue weighted by Gasteiger charge is 2.28. The Kier molecular flexibility index (Phi) is 5.73. The smallest absolute Gasteiger partial charge is 0.360 e. The molecule has 1 saturated heterocycles. The van der Waals surface area contributed by atoms with Crippen LogP contribution in [0.1, 0.15) is 10.5 Å². The lowest BCUT2D eigenvalue weighted by atomic mass is 10.3. The Bertz CT molecular complexity index is 888. The van der Waals surface area contributed by atoms with E-state index < -0.39 is 16.0 Å². The summed E-state index contributed by atoms with van der Waals surface area (Å²) in [6.07, 6.45) is 1.51. The van der Waals surface area contributed by atoms with Crippen LogP contribution < -0.4 is 4.74 Å². The molecule has 10 nitrogen and oxygen atoms in total. The third kappa shape index (κ3) is 4.26. The molecular weight excluding hydrogens is 374 g/mol. The van der Waals surface area contributed by atoms with E-state index in [0.717, 1.165) is 0 Å². The first-order valence-electron chi connectivity index (χ1n) is 8.29. The van der Waals surface area contributed by atoms with Gasteiger partial charge < -0.3 is 9.47 Å². The number of nitrogens with zero attached hydrogens (tertiary/aromatic N) is 5. The van der Waals surface area contributed by atoms with Gasteiger partial charge in [0.05, 0.1) is 32.0 Å². The molecule has 0 amide bonds. The molecule has 0 N–H and O–H groups in total. The zero-order valence-electron chi connectivity index (χ0n) is 15.1. The molecule has 2 heterocycles. The van der Waals surface area contributed by atoms with Crippen molar-refractivity contribution in [2.45, 2.75) is 11.6 Å². The van der Waals surface area contributed by atoms with Gasteiger partial charge in [-0.1, -0.05) is 5.21 Å². The maximum Gasteiger partial charge on any atom is 0.360 e. The van der Waals surface area contributed by atoms with Crippen LogP contribution in [0.2, 0.25) is 0 Å². The summed E-state index contributed by atoms with van der Waals surface area (Å²) < 4.78 is 38.2. The van der Waals surface area contributed by atoms with Gasteiger partial charge >= 0.3 is 5.97 Å². The van der Waals surface area contributed by atoms with Gasteiger partial charge in [0.1, 0.15) is 5.75 Å². The molecule has 2 aromatic rings. The summed E-state index contributed by atoms with van der Waals surface area (Å²) in [5, 5.41) is 7.65. The fourth-order valence-corrected chi connectivity index (χ4v) is 4.20. The molecule has 27 heavy (non-hydrogen) atoms. The fourth-order valence-electron chi connectivity index (χ4n) is 2.78. The zero-order valence-corrected chi connectivity index (χ0v) is 15.9. The van der Waals surface area contributed by atoms with Gasteiger partial charge in [0.15, 0.2) is 5.69 Å². The van der Waals surface area contributed by atoms with E-state index in [-0.39, 0.29) is 10.6 Å². The number of carbonyl (C=O) groups excluding carboxylic acids is 1. The average Bonchev–Trinajstić information content (AvgIpc) is 3.16. The van der Waals surface area contributed by atoms with Crippen molar-refractivity contribution < 1.29 is 22.7 Å². The van der Waals surface area contributed by atoms with Gasteiger partial charge in [0.2, 0.25) is 10.0 Å². The first kappa shape index (κ1) is 19.3. The van der Waals surface area contributed by atoms with Crippen LogP contribution in [-0.4, -0.2) is 79.0 Å². The minimum Gasteiger partial charge on any atom is -0.497 e. The first-order valence-corrected chi connectivity index (χ1v) is 9.73. The second kappa shape index (κ2) is 8.03. The molecule has 0 bridgehead atoms. The summed E-state index contributed by atoms with van der Waals surface area (Å²) in [6.45, 7) is 2.24. The van der Waals surface area contributed by atoms with Gasteiger partial charge in [-0.15, -0.1) is 5.10 Å². The molecular formula is C16H21N5O5S. The Morgan fingerprint density at radius 1 is 1.11 bits per heavy atom. The van der Waals surface area contributed by atoms with Crippen molar-refractivity contribution in [3.63, 3.8) is 0 Å². The third-order valence-corrected chi connectivity index (χ3v) is 6.22. The van der Waals surface area contributed by atoms with Crippen LogP contribution in [0, 0.1) is 0 Å². The lowest BCUT2D eigenvalue weighted by Crippen LogP contribution is -2.48. The van der Waals surface area contributed by atoms with Crippen LogP contribution in [0.3, 0.4) is 0 Å². The number of piperazine rings is 1. The van der Waals surface area contributed by atoms with Crippen molar-refractivity contribution in [3.05, 3.63) is 36.2 Å².